The lowest BCUT2D eigenvalue weighted by Crippen LogP contribution is -2.39. The number of hydrogen-bond acceptors (Lipinski definition) is 2. The number of carbonyl (C=O) groups excluding carboxylic acids is 2. The molecule has 3 heteroatoms. The molecule has 0 spiro atoms. The van der Waals surface area contributed by atoms with Crippen LogP contribution in [0.5, 0.6) is 0 Å². The average molecular weight is 215 g/mol. The van der Waals surface area contributed by atoms with E-state index in [9.17, 15) is 9.59 Å². The number of amides is 1. The number of rotatable bonds is 2. The van der Waals surface area contributed by atoms with Crippen LogP contribution in [0.4, 0.5) is 0 Å². The van der Waals surface area contributed by atoms with Gasteiger partial charge < -0.3 is 5.32 Å². The predicted molar refractivity (Wildman–Crippen MR) is 63.8 cm³/mol. The van der Waals surface area contributed by atoms with Gasteiger partial charge in [-0.3, -0.25) is 9.59 Å². The molecule has 1 amide bonds. The molecule has 0 bridgehead atoms. The highest BCUT2D eigenvalue weighted by molar-refractivity contribution is 5.80. The third-order valence-electron chi connectivity index (χ3n) is 1.86. The second-order valence-corrected chi connectivity index (χ2v) is 3.06. The zero-order valence-corrected chi connectivity index (χ0v) is 10.7. The molecule has 0 radical (unpaired) electrons. The van der Waals surface area contributed by atoms with Crippen molar-refractivity contribution in [3.05, 3.63) is 0 Å². The summed E-state index contributed by atoms with van der Waals surface area (Å²) >= 11 is 0. The van der Waals surface area contributed by atoms with Gasteiger partial charge in [-0.25, -0.2) is 0 Å². The Balaban J connectivity index is 0. The van der Waals surface area contributed by atoms with Crippen LogP contribution in [-0.2, 0) is 9.59 Å². The fraction of sp³-hybridized carbons (Fsp3) is 0.833. The van der Waals surface area contributed by atoms with Crippen molar-refractivity contribution in [1.82, 2.24) is 5.32 Å². The highest BCUT2D eigenvalue weighted by atomic mass is 16.2. The van der Waals surface area contributed by atoms with Gasteiger partial charge in [-0.15, -0.1) is 0 Å². The Hall–Kier alpha value is -0.860. The highest BCUT2D eigenvalue weighted by Gasteiger charge is 2.18. The molecule has 1 N–H and O–H groups in total. The van der Waals surface area contributed by atoms with E-state index >= 15 is 0 Å². The van der Waals surface area contributed by atoms with Crippen LogP contribution in [0.25, 0.3) is 0 Å². The third-order valence-corrected chi connectivity index (χ3v) is 1.86. The van der Waals surface area contributed by atoms with Crippen LogP contribution in [0.2, 0.25) is 0 Å². The summed E-state index contributed by atoms with van der Waals surface area (Å²) in [6.45, 7) is 9.56. The molecule has 1 aliphatic heterocycles. The molecule has 15 heavy (non-hydrogen) atoms. The fourth-order valence-electron chi connectivity index (χ4n) is 1.38. The van der Waals surface area contributed by atoms with Crippen LogP contribution >= 0.6 is 0 Å². The van der Waals surface area contributed by atoms with Crippen molar-refractivity contribution >= 4 is 11.7 Å². The largest absolute Gasteiger partial charge is 0.353 e. The summed E-state index contributed by atoms with van der Waals surface area (Å²) in [5.74, 6) is 0.236. The van der Waals surface area contributed by atoms with Gasteiger partial charge in [0.1, 0.15) is 5.78 Å². The summed E-state index contributed by atoms with van der Waals surface area (Å²) in [6, 6.07) is 0.105. The predicted octanol–water partition coefficient (Wildman–Crippen LogP) is 2.69. The first kappa shape index (κ1) is 16.6. The van der Waals surface area contributed by atoms with Crippen molar-refractivity contribution in [2.75, 3.05) is 0 Å². The molecule has 1 atom stereocenters. The summed E-state index contributed by atoms with van der Waals surface area (Å²) in [7, 11) is 0. The van der Waals surface area contributed by atoms with E-state index in [4.69, 9.17) is 0 Å². The maximum absolute atomic E-state index is 10.8. The first-order valence-electron chi connectivity index (χ1n) is 5.97. The Morgan fingerprint density at radius 2 is 1.87 bits per heavy atom. The molecule has 0 aromatic heterocycles. The van der Waals surface area contributed by atoms with Gasteiger partial charge in [-0.2, -0.15) is 0 Å². The number of Topliss-reactive ketones (excluding diaryl/α,β-unsaturated/α-hetero) is 1. The number of carbonyl (C=O) groups is 2. The van der Waals surface area contributed by atoms with Crippen molar-refractivity contribution in [2.45, 2.75) is 66.3 Å². The smallest absolute Gasteiger partial charge is 0.220 e. The zero-order chi connectivity index (χ0) is 12.3. The summed E-state index contributed by atoms with van der Waals surface area (Å²) < 4.78 is 0. The maximum Gasteiger partial charge on any atom is 0.220 e. The van der Waals surface area contributed by atoms with Crippen LogP contribution in [0.1, 0.15) is 60.3 Å². The van der Waals surface area contributed by atoms with Crippen LogP contribution < -0.4 is 5.32 Å². The molecular formula is C12H25NO2. The van der Waals surface area contributed by atoms with Crippen molar-refractivity contribution < 1.29 is 9.59 Å². The SMILES string of the molecule is CC.CC.CC(=O)CC1CCCC(=O)N1. The monoisotopic (exact) mass is 215 g/mol. The van der Waals surface area contributed by atoms with Gasteiger partial charge in [-0.1, -0.05) is 27.7 Å². The molecule has 1 fully saturated rings. The summed E-state index contributed by atoms with van der Waals surface area (Å²) in [4.78, 5) is 21.5. The minimum absolute atomic E-state index is 0.0856. The van der Waals surface area contributed by atoms with Crippen molar-refractivity contribution in [3.8, 4) is 0 Å². The first-order valence-corrected chi connectivity index (χ1v) is 5.97. The Bertz CT molecular complexity index is 176. The van der Waals surface area contributed by atoms with E-state index < -0.39 is 0 Å². The summed E-state index contributed by atoms with van der Waals surface area (Å²) in [6.07, 6.45) is 2.98. The van der Waals surface area contributed by atoms with Gasteiger partial charge in [0.2, 0.25) is 5.91 Å². The highest BCUT2D eigenvalue weighted by Crippen LogP contribution is 2.10. The first-order chi connectivity index (χ1) is 7.18. The Kier molecular flexibility index (Phi) is 12.4. The Labute approximate surface area is 93.6 Å². The lowest BCUT2D eigenvalue weighted by molar-refractivity contribution is -0.124. The van der Waals surface area contributed by atoms with E-state index in [1.54, 1.807) is 6.92 Å². The minimum atomic E-state index is 0.0856. The molecule has 1 heterocycles. The van der Waals surface area contributed by atoms with Crippen molar-refractivity contribution in [3.63, 3.8) is 0 Å². The van der Waals surface area contributed by atoms with Crippen LogP contribution in [-0.4, -0.2) is 17.7 Å². The van der Waals surface area contributed by atoms with Gasteiger partial charge in [0.15, 0.2) is 0 Å². The number of hydrogen-bond donors (Lipinski definition) is 1. The zero-order valence-electron chi connectivity index (χ0n) is 10.7. The van der Waals surface area contributed by atoms with E-state index in [0.717, 1.165) is 12.8 Å². The lowest BCUT2D eigenvalue weighted by atomic mass is 10.0. The number of piperidine rings is 1. The number of ketones is 1. The molecule has 1 aliphatic rings. The van der Waals surface area contributed by atoms with E-state index in [-0.39, 0.29) is 17.7 Å². The molecule has 90 valence electrons. The maximum atomic E-state index is 10.8. The van der Waals surface area contributed by atoms with Crippen LogP contribution in [0.3, 0.4) is 0 Å². The molecule has 0 saturated carbocycles. The standard InChI is InChI=1S/C8H13NO2.2C2H6/c1-6(10)5-7-3-2-4-8(11)9-7;2*1-2/h7H,2-5H2,1H3,(H,9,11);2*1-2H3. The second-order valence-electron chi connectivity index (χ2n) is 3.06. The summed E-state index contributed by atoms with van der Waals surface area (Å²) in [5.41, 5.74) is 0. The molecule has 1 unspecified atom stereocenters. The molecule has 0 aliphatic carbocycles. The molecule has 0 aromatic rings. The topological polar surface area (TPSA) is 46.2 Å². The normalized spacial score (nSPS) is 18.7. The molecule has 1 saturated heterocycles. The molecule has 0 aromatic carbocycles. The fourth-order valence-corrected chi connectivity index (χ4v) is 1.38. The molecule has 3 nitrogen and oxygen atoms in total. The van der Waals surface area contributed by atoms with E-state index in [1.165, 1.54) is 0 Å². The number of nitrogens with one attached hydrogen (secondary N) is 1. The van der Waals surface area contributed by atoms with Crippen molar-refractivity contribution in [1.29, 1.82) is 0 Å². The summed E-state index contributed by atoms with van der Waals surface area (Å²) in [5, 5.41) is 2.79. The van der Waals surface area contributed by atoms with Gasteiger partial charge >= 0.3 is 0 Å². The molecular weight excluding hydrogens is 190 g/mol. The van der Waals surface area contributed by atoms with Gasteiger partial charge in [-0.05, 0) is 19.8 Å². The van der Waals surface area contributed by atoms with E-state index in [0.29, 0.717) is 12.8 Å². The van der Waals surface area contributed by atoms with Crippen molar-refractivity contribution in [2.24, 2.45) is 0 Å². The van der Waals surface area contributed by atoms with Crippen LogP contribution in [0, 0.1) is 0 Å². The molecule has 1 rings (SSSR count). The second kappa shape index (κ2) is 11.2. The average Bonchev–Trinajstić information content (AvgIpc) is 2.23. The van der Waals surface area contributed by atoms with E-state index in [1.807, 2.05) is 27.7 Å². The quantitative estimate of drug-likeness (QED) is 0.769. The Morgan fingerprint density at radius 3 is 2.27 bits per heavy atom. The van der Waals surface area contributed by atoms with Gasteiger partial charge in [0.05, 0.1) is 0 Å². The van der Waals surface area contributed by atoms with Gasteiger partial charge in [0.25, 0.3) is 0 Å². The minimum Gasteiger partial charge on any atom is -0.353 e. The Morgan fingerprint density at radius 1 is 1.33 bits per heavy atom. The van der Waals surface area contributed by atoms with E-state index in [2.05, 4.69) is 5.32 Å². The van der Waals surface area contributed by atoms with Crippen LogP contribution in [0.15, 0.2) is 0 Å². The van der Waals surface area contributed by atoms with Gasteiger partial charge in [0, 0.05) is 18.9 Å². The third kappa shape index (κ3) is 9.44. The lowest BCUT2D eigenvalue weighted by Gasteiger charge is -2.21.